The van der Waals surface area contributed by atoms with Crippen LogP contribution in [0.1, 0.15) is 18.5 Å². The number of hydrogen-bond acceptors (Lipinski definition) is 3. The van der Waals surface area contributed by atoms with Crippen LogP contribution in [0.4, 0.5) is 28.9 Å². The van der Waals surface area contributed by atoms with Gasteiger partial charge in [-0.25, -0.2) is 4.39 Å². The predicted molar refractivity (Wildman–Crippen MR) is 130 cm³/mol. The van der Waals surface area contributed by atoms with Gasteiger partial charge in [-0.1, -0.05) is 24.3 Å². The second kappa shape index (κ2) is 9.65. The molecule has 176 valence electrons. The molecule has 1 aliphatic heterocycles. The highest BCUT2D eigenvalue weighted by molar-refractivity contribution is 14.1. The normalized spacial score (nSPS) is 15.9. The third kappa shape index (κ3) is 5.03. The average molecular weight is 582 g/mol. The Bertz CT molecular complexity index is 1230. The first-order chi connectivity index (χ1) is 16.2. The Hall–Kier alpha value is -3.08. The molecule has 0 saturated heterocycles. The Balaban J connectivity index is 1.81. The number of benzene rings is 3. The second-order valence-corrected chi connectivity index (χ2v) is 8.63. The molecule has 4 nitrogen and oxygen atoms in total. The minimum Gasteiger partial charge on any atom is -0.406 e. The number of ether oxygens (including phenoxy) is 1. The van der Waals surface area contributed by atoms with E-state index in [1.165, 1.54) is 47.4 Å². The monoisotopic (exact) mass is 582 g/mol. The van der Waals surface area contributed by atoms with Crippen LogP contribution in [0.5, 0.6) is 5.75 Å². The summed E-state index contributed by atoms with van der Waals surface area (Å²) in [6, 6.07) is 17.8. The molecule has 0 saturated carbocycles. The molecule has 3 aromatic carbocycles. The molecule has 0 aromatic heterocycles. The summed E-state index contributed by atoms with van der Waals surface area (Å²) in [6.07, 6.45) is -3.13. The van der Waals surface area contributed by atoms with Gasteiger partial charge < -0.3 is 9.64 Å². The zero-order valence-corrected chi connectivity index (χ0v) is 20.0. The van der Waals surface area contributed by atoms with E-state index in [-0.39, 0.29) is 11.7 Å². The molecule has 1 amide bonds. The van der Waals surface area contributed by atoms with Crippen molar-refractivity contribution < 1.29 is 27.1 Å². The molecule has 0 bridgehead atoms. The van der Waals surface area contributed by atoms with Gasteiger partial charge in [0, 0.05) is 15.8 Å². The Morgan fingerprint density at radius 1 is 1.03 bits per heavy atom. The molecule has 4 rings (SSSR count). The number of alkyl halides is 3. The summed E-state index contributed by atoms with van der Waals surface area (Å²) in [4.78, 5) is 17.0. The first-order valence-electron chi connectivity index (χ1n) is 10.4. The molecule has 34 heavy (non-hydrogen) atoms. The summed E-state index contributed by atoms with van der Waals surface area (Å²) in [6.45, 7) is 2.39. The number of halogens is 5. The zero-order valence-electron chi connectivity index (χ0n) is 17.9. The van der Waals surface area contributed by atoms with Crippen molar-refractivity contribution in [1.82, 2.24) is 0 Å². The van der Waals surface area contributed by atoms with E-state index in [1.54, 1.807) is 12.1 Å². The largest absolute Gasteiger partial charge is 0.573 e. The number of rotatable bonds is 6. The topological polar surface area (TPSA) is 32.8 Å². The van der Waals surface area contributed by atoms with Crippen LogP contribution >= 0.6 is 22.6 Å². The smallest absolute Gasteiger partial charge is 0.406 e. The van der Waals surface area contributed by atoms with Crippen molar-refractivity contribution in [2.75, 3.05) is 16.3 Å². The van der Waals surface area contributed by atoms with Gasteiger partial charge in [0.1, 0.15) is 17.3 Å². The lowest BCUT2D eigenvalue weighted by atomic mass is 10.1. The Morgan fingerprint density at radius 3 is 2.38 bits per heavy atom. The fourth-order valence-corrected chi connectivity index (χ4v) is 4.59. The van der Waals surface area contributed by atoms with Gasteiger partial charge in [0.2, 0.25) is 0 Å². The van der Waals surface area contributed by atoms with E-state index < -0.39 is 18.2 Å². The Kier molecular flexibility index (Phi) is 6.83. The van der Waals surface area contributed by atoms with E-state index in [9.17, 15) is 22.4 Å². The summed E-state index contributed by atoms with van der Waals surface area (Å²) >= 11 is 2.19. The molecule has 0 aliphatic carbocycles. The number of hydrogen-bond donors (Lipinski definition) is 0. The molecule has 0 N–H and O–H groups in total. The van der Waals surface area contributed by atoms with E-state index in [4.69, 9.17) is 0 Å². The van der Waals surface area contributed by atoms with Gasteiger partial charge in [0.25, 0.3) is 5.91 Å². The summed E-state index contributed by atoms with van der Waals surface area (Å²) in [5.41, 5.74) is 2.05. The van der Waals surface area contributed by atoms with Crippen LogP contribution in [-0.2, 0) is 4.79 Å². The number of nitrogens with zero attached hydrogens (tertiary/aromatic N) is 2. The fraction of sp³-hybridized carbons (Fsp3) is 0.160. The molecule has 0 spiro atoms. The molecule has 1 aliphatic rings. The highest BCUT2D eigenvalue weighted by Crippen LogP contribution is 2.40. The van der Waals surface area contributed by atoms with Gasteiger partial charge in [-0.3, -0.25) is 9.69 Å². The third-order valence-corrected chi connectivity index (χ3v) is 6.23. The van der Waals surface area contributed by atoms with Crippen LogP contribution < -0.4 is 14.5 Å². The van der Waals surface area contributed by atoms with Crippen LogP contribution in [0.15, 0.2) is 84.6 Å². The van der Waals surface area contributed by atoms with Crippen molar-refractivity contribution in [3.63, 3.8) is 0 Å². The van der Waals surface area contributed by atoms with Gasteiger partial charge >= 0.3 is 6.36 Å². The van der Waals surface area contributed by atoms with E-state index >= 15 is 0 Å². The Morgan fingerprint density at radius 2 is 1.74 bits per heavy atom. The van der Waals surface area contributed by atoms with Crippen molar-refractivity contribution in [1.29, 1.82) is 0 Å². The second-order valence-electron chi connectivity index (χ2n) is 7.46. The van der Waals surface area contributed by atoms with Gasteiger partial charge in [0.05, 0.1) is 11.7 Å². The number of carbonyl (C=O) groups is 1. The van der Waals surface area contributed by atoms with Crippen LogP contribution in [0.2, 0.25) is 0 Å². The van der Waals surface area contributed by atoms with Crippen molar-refractivity contribution in [3.05, 3.63) is 99.5 Å². The summed E-state index contributed by atoms with van der Waals surface area (Å²) in [7, 11) is 0. The first-order valence-corrected chi connectivity index (χ1v) is 11.4. The molecule has 0 fully saturated rings. The van der Waals surface area contributed by atoms with Gasteiger partial charge in [-0.2, -0.15) is 0 Å². The maximum Gasteiger partial charge on any atom is 0.573 e. The fourth-order valence-electron chi connectivity index (χ4n) is 3.91. The van der Waals surface area contributed by atoms with Gasteiger partial charge in [0.15, 0.2) is 0 Å². The Labute approximate surface area is 207 Å². The lowest BCUT2D eigenvalue weighted by molar-refractivity contribution is -0.274. The number of likely N-dealkylation sites (N-methyl/N-ethyl adjacent to an activating group) is 1. The molecule has 1 heterocycles. The quantitative estimate of drug-likeness (QED) is 0.236. The number of amides is 1. The summed E-state index contributed by atoms with van der Waals surface area (Å²) in [5, 5.41) is 0. The van der Waals surface area contributed by atoms with Crippen LogP contribution in [-0.4, -0.2) is 18.8 Å². The van der Waals surface area contributed by atoms with E-state index in [2.05, 4.69) is 27.3 Å². The molecular weight excluding hydrogens is 563 g/mol. The number of anilines is 2. The van der Waals surface area contributed by atoms with Crippen molar-refractivity contribution in [3.8, 4) is 5.75 Å². The van der Waals surface area contributed by atoms with Crippen LogP contribution in [0.25, 0.3) is 0 Å². The molecule has 0 radical (unpaired) electrons. The first kappa shape index (κ1) is 24.1. The maximum absolute atomic E-state index is 13.7. The zero-order chi connectivity index (χ0) is 24.5. The number of para-hydroxylation sites is 1. The average Bonchev–Trinajstić information content (AvgIpc) is 3.12. The van der Waals surface area contributed by atoms with E-state index in [1.807, 2.05) is 36.1 Å². The van der Waals surface area contributed by atoms with Crippen molar-refractivity contribution in [2.24, 2.45) is 0 Å². The van der Waals surface area contributed by atoms with Crippen LogP contribution in [0, 0.1) is 9.39 Å². The lowest BCUT2D eigenvalue weighted by Gasteiger charge is -2.28. The van der Waals surface area contributed by atoms with Crippen LogP contribution in [0.3, 0.4) is 0 Å². The van der Waals surface area contributed by atoms with Crippen molar-refractivity contribution in [2.45, 2.75) is 19.3 Å². The van der Waals surface area contributed by atoms with Gasteiger partial charge in [-0.15, -0.1) is 13.2 Å². The van der Waals surface area contributed by atoms with Crippen molar-refractivity contribution >= 4 is 39.9 Å². The minimum atomic E-state index is -4.84. The minimum absolute atomic E-state index is 0.347. The molecule has 3 aromatic rings. The molecule has 1 atom stereocenters. The third-order valence-electron chi connectivity index (χ3n) is 5.32. The van der Waals surface area contributed by atoms with E-state index in [0.717, 1.165) is 9.26 Å². The highest BCUT2D eigenvalue weighted by Gasteiger charge is 2.38. The van der Waals surface area contributed by atoms with E-state index in [0.29, 0.717) is 23.5 Å². The molecule has 9 heteroatoms. The molecule has 1 unspecified atom stereocenters. The predicted octanol–water partition coefficient (Wildman–Crippen LogP) is 6.83. The maximum atomic E-state index is 13.7. The molecular formula is C25H19F4IN2O2. The SMILES string of the molecule is CCN(C1=CC(c2cccc(OC(F)(F)F)c2)N(c2ccc(F)cc2)C1=O)c1ccccc1I. The summed E-state index contributed by atoms with van der Waals surface area (Å²) in [5.74, 6) is -1.20. The highest BCUT2D eigenvalue weighted by atomic mass is 127. The van der Waals surface area contributed by atoms with Gasteiger partial charge in [-0.05, 0) is 89.7 Å². The summed E-state index contributed by atoms with van der Waals surface area (Å²) < 4.78 is 57.0. The number of carbonyl (C=O) groups excluding carboxylic acids is 1. The lowest BCUT2D eigenvalue weighted by Crippen LogP contribution is -2.34. The standard InChI is InChI=1S/C25H19F4IN2O2/c1-2-31(21-9-4-3-8-20(21)30)23-15-22(16-6-5-7-19(14-16)34-25(27,28)29)32(24(23)33)18-12-10-17(26)11-13-18/h3-15,22H,2H2,1H3.